The second-order valence-corrected chi connectivity index (χ2v) is 28.9. The van der Waals surface area contributed by atoms with Crippen LogP contribution in [0, 0.1) is 12.8 Å². The summed E-state index contributed by atoms with van der Waals surface area (Å²) in [6, 6.07) is 27.4. The van der Waals surface area contributed by atoms with Gasteiger partial charge in [0.05, 0.1) is 24.2 Å². The largest absolute Gasteiger partial charge is 0.414 e. The Morgan fingerprint density at radius 2 is 1.36 bits per heavy atom. The topological polar surface area (TPSA) is 112 Å². The van der Waals surface area contributed by atoms with E-state index in [1.54, 1.807) is 31.3 Å². The maximum Gasteiger partial charge on any atom is 0.297 e. The van der Waals surface area contributed by atoms with E-state index in [2.05, 4.69) is 85.5 Å². The molecule has 0 radical (unpaired) electrons. The van der Waals surface area contributed by atoms with Gasteiger partial charge in [-0.15, -0.1) is 0 Å². The van der Waals surface area contributed by atoms with E-state index >= 15 is 0 Å². The normalized spacial score (nSPS) is 15.1. The van der Waals surface area contributed by atoms with Crippen LogP contribution in [0.1, 0.15) is 92.6 Å². The van der Waals surface area contributed by atoms with Crippen molar-refractivity contribution in [3.8, 4) is 0 Å². The first-order valence-corrected chi connectivity index (χ1v) is 26.8. The van der Waals surface area contributed by atoms with Crippen LogP contribution in [0.5, 0.6) is 0 Å². The van der Waals surface area contributed by atoms with E-state index in [0.717, 1.165) is 5.56 Å². The summed E-state index contributed by atoms with van der Waals surface area (Å²) < 4.78 is 47.2. The van der Waals surface area contributed by atoms with Gasteiger partial charge in [0.2, 0.25) is 5.91 Å². The molecular formula is C46H71NO8SSi2. The summed E-state index contributed by atoms with van der Waals surface area (Å²) in [7, 11) is -6.12. The molecule has 4 atom stereocenters. The third-order valence-electron chi connectivity index (χ3n) is 11.6. The minimum absolute atomic E-state index is 0.0571. The minimum atomic E-state index is -4.13. The Morgan fingerprint density at radius 3 is 1.84 bits per heavy atom. The molecule has 1 N–H and O–H groups in total. The molecule has 0 saturated carbocycles. The quantitative estimate of drug-likeness (QED) is 0.0351. The lowest BCUT2D eigenvalue weighted by atomic mass is 9.94. The molecule has 0 heterocycles. The van der Waals surface area contributed by atoms with E-state index < -0.39 is 39.0 Å². The fraction of sp³-hybridized carbons (Fsp3) is 0.543. The van der Waals surface area contributed by atoms with Crippen LogP contribution in [0.2, 0.25) is 23.2 Å². The number of hydrogen-bond acceptors (Lipinski definition) is 8. The summed E-state index contributed by atoms with van der Waals surface area (Å²) >= 11 is 0. The zero-order valence-electron chi connectivity index (χ0n) is 37.2. The first-order chi connectivity index (χ1) is 26.9. The predicted octanol–water partition coefficient (Wildman–Crippen LogP) is 8.95. The van der Waals surface area contributed by atoms with Gasteiger partial charge in [0.1, 0.15) is 0 Å². The highest BCUT2D eigenvalue weighted by Gasteiger charge is 2.50. The molecule has 0 aliphatic carbocycles. The standard InChI is InChI=1S/C46H71NO8SSi2/c1-35-26-29-40(30-27-35)56(50,51)54-38(21-20-32-53-58(46(7,8)9,41-22-16-14-17-23-41)42-24-18-15-19-25-42)33-36(2)43(48)31-28-39(55-57(12,13)45(4,5)6)34-37(3)44(49)47(10)52-11/h14-19,22-27,29-30,37-39,43,48H,2,20-21,28,31-34H2,1,3-13H3/t37?,38-,39+,43+/m1/s1. The number of carbonyl (C=O) groups excluding carboxylic acids is 1. The van der Waals surface area contributed by atoms with Crippen molar-refractivity contribution in [3.63, 3.8) is 0 Å². The van der Waals surface area contributed by atoms with Crippen molar-refractivity contribution in [1.29, 1.82) is 0 Å². The highest BCUT2D eigenvalue weighted by Crippen LogP contribution is 2.39. The van der Waals surface area contributed by atoms with E-state index in [0.29, 0.717) is 44.3 Å². The molecule has 1 amide bonds. The summed E-state index contributed by atoms with van der Waals surface area (Å²) in [6.45, 7) is 25.9. The highest BCUT2D eigenvalue weighted by atomic mass is 32.2. The van der Waals surface area contributed by atoms with Gasteiger partial charge in [0.25, 0.3) is 18.4 Å². The molecular weight excluding hydrogens is 783 g/mol. The molecule has 1 unspecified atom stereocenters. The van der Waals surface area contributed by atoms with Gasteiger partial charge in [-0.1, -0.05) is 133 Å². The summed E-state index contributed by atoms with van der Waals surface area (Å²) in [5.74, 6) is -0.513. The summed E-state index contributed by atoms with van der Waals surface area (Å²) in [5.41, 5.74) is 1.42. The predicted molar refractivity (Wildman–Crippen MR) is 241 cm³/mol. The third-order valence-corrected chi connectivity index (χ3v) is 22.5. The van der Waals surface area contributed by atoms with Gasteiger partial charge < -0.3 is 14.0 Å². The molecule has 0 spiro atoms. The number of aryl methyl sites for hydroxylation is 1. The first kappa shape index (κ1) is 49.4. The molecule has 0 bridgehead atoms. The molecule has 58 heavy (non-hydrogen) atoms. The van der Waals surface area contributed by atoms with Gasteiger partial charge in [0.15, 0.2) is 8.32 Å². The van der Waals surface area contributed by atoms with Gasteiger partial charge in [-0.25, -0.2) is 5.06 Å². The molecule has 3 aromatic rings. The third kappa shape index (κ3) is 13.3. The lowest BCUT2D eigenvalue weighted by Crippen LogP contribution is -2.66. The van der Waals surface area contributed by atoms with Gasteiger partial charge in [-0.3, -0.25) is 13.8 Å². The number of carbonyl (C=O) groups is 1. The highest BCUT2D eigenvalue weighted by molar-refractivity contribution is 7.86. The number of amides is 1. The summed E-state index contributed by atoms with van der Waals surface area (Å²) in [4.78, 5) is 18.2. The number of aliphatic hydroxyl groups excluding tert-OH is 1. The van der Waals surface area contributed by atoms with Crippen LogP contribution in [0.25, 0.3) is 0 Å². The smallest absolute Gasteiger partial charge is 0.297 e. The van der Waals surface area contributed by atoms with Gasteiger partial charge >= 0.3 is 0 Å². The molecule has 0 aromatic heterocycles. The van der Waals surface area contributed by atoms with Crippen molar-refractivity contribution in [2.75, 3.05) is 20.8 Å². The zero-order valence-corrected chi connectivity index (χ0v) is 40.0. The summed E-state index contributed by atoms with van der Waals surface area (Å²) in [5, 5.41) is 14.8. The van der Waals surface area contributed by atoms with Crippen LogP contribution in [0.15, 0.2) is 102 Å². The molecule has 0 aliphatic rings. The van der Waals surface area contributed by atoms with E-state index in [-0.39, 0.29) is 39.3 Å². The molecule has 0 fully saturated rings. The second-order valence-electron chi connectivity index (χ2n) is 18.3. The average Bonchev–Trinajstić information content (AvgIpc) is 3.15. The van der Waals surface area contributed by atoms with Crippen molar-refractivity contribution >= 4 is 43.0 Å². The maximum atomic E-state index is 13.7. The Balaban J connectivity index is 1.84. The Hall–Kier alpha value is -2.95. The number of rotatable bonds is 22. The van der Waals surface area contributed by atoms with Gasteiger partial charge in [-0.05, 0) is 96.7 Å². The lowest BCUT2D eigenvalue weighted by molar-refractivity contribution is -0.173. The van der Waals surface area contributed by atoms with Crippen LogP contribution in [0.3, 0.4) is 0 Å². The van der Waals surface area contributed by atoms with Crippen LogP contribution >= 0.6 is 0 Å². The molecule has 322 valence electrons. The van der Waals surface area contributed by atoms with Crippen molar-refractivity contribution in [1.82, 2.24) is 5.06 Å². The maximum absolute atomic E-state index is 13.7. The Bertz CT molecular complexity index is 1800. The van der Waals surface area contributed by atoms with E-state index in [1.165, 1.54) is 22.5 Å². The van der Waals surface area contributed by atoms with Crippen molar-refractivity contribution in [2.45, 2.75) is 140 Å². The molecule has 0 saturated heterocycles. The van der Waals surface area contributed by atoms with Gasteiger partial charge in [0, 0.05) is 25.7 Å². The van der Waals surface area contributed by atoms with Crippen LogP contribution in [-0.4, -0.2) is 80.2 Å². The van der Waals surface area contributed by atoms with Gasteiger partial charge in [-0.2, -0.15) is 8.42 Å². The first-order valence-electron chi connectivity index (χ1n) is 20.6. The average molecular weight is 854 g/mol. The molecule has 3 aromatic carbocycles. The Kier molecular flexibility index (Phi) is 17.9. The molecule has 0 aliphatic heterocycles. The van der Waals surface area contributed by atoms with E-state index in [4.69, 9.17) is 17.9 Å². The number of hydroxylamine groups is 2. The van der Waals surface area contributed by atoms with Crippen LogP contribution < -0.4 is 10.4 Å². The number of aliphatic hydroxyl groups is 1. The zero-order chi connectivity index (χ0) is 43.5. The second kappa shape index (κ2) is 21.0. The van der Waals surface area contributed by atoms with E-state index in [9.17, 15) is 18.3 Å². The van der Waals surface area contributed by atoms with Crippen LogP contribution in [0.4, 0.5) is 0 Å². The molecule has 9 nitrogen and oxygen atoms in total. The van der Waals surface area contributed by atoms with E-state index in [1.807, 2.05) is 50.2 Å². The van der Waals surface area contributed by atoms with Crippen molar-refractivity contribution < 1.29 is 36.2 Å². The number of nitrogens with zero attached hydrogens (tertiary/aromatic N) is 1. The van der Waals surface area contributed by atoms with Crippen LogP contribution in [-0.2, 0) is 32.8 Å². The Morgan fingerprint density at radius 1 is 0.828 bits per heavy atom. The van der Waals surface area contributed by atoms with Crippen molar-refractivity contribution in [2.24, 2.45) is 5.92 Å². The molecule has 3 rings (SSSR count). The minimum Gasteiger partial charge on any atom is -0.414 e. The Labute approximate surface area is 352 Å². The number of benzene rings is 3. The lowest BCUT2D eigenvalue weighted by Gasteiger charge is -2.43. The summed E-state index contributed by atoms with van der Waals surface area (Å²) in [6.07, 6.45) is 0.258. The SMILES string of the molecule is C=C(C[C@@H](CCCO[Si](c1ccccc1)(c1ccccc1)C(C)(C)C)OS(=O)(=O)c1ccc(C)cc1)[C@@H](O)CC[C@@H](CC(C)C(=O)N(C)OC)O[Si](C)(C)C(C)(C)C. The number of hydrogen-bond donors (Lipinski definition) is 1. The monoisotopic (exact) mass is 853 g/mol. The fourth-order valence-corrected chi connectivity index (χ4v) is 14.2. The van der Waals surface area contributed by atoms with Crippen molar-refractivity contribution in [3.05, 3.63) is 103 Å². The molecule has 12 heteroatoms. The fourth-order valence-electron chi connectivity index (χ4n) is 7.11.